The van der Waals surface area contributed by atoms with E-state index < -0.39 is 0 Å². The van der Waals surface area contributed by atoms with Gasteiger partial charge in [-0.1, -0.05) is 17.7 Å². The van der Waals surface area contributed by atoms with Gasteiger partial charge in [0.1, 0.15) is 0 Å². The van der Waals surface area contributed by atoms with Crippen LogP contribution in [-0.2, 0) is 0 Å². The van der Waals surface area contributed by atoms with Gasteiger partial charge in [-0.2, -0.15) is 0 Å². The molecule has 14 heavy (non-hydrogen) atoms. The van der Waals surface area contributed by atoms with Crippen LogP contribution in [-0.4, -0.2) is 16.6 Å². The van der Waals surface area contributed by atoms with Crippen LogP contribution in [0.4, 0.5) is 5.95 Å². The van der Waals surface area contributed by atoms with E-state index in [0.717, 1.165) is 11.6 Å². The SMILES string of the molecule is CNc1nccn1-c1ccc(C)cc1. The minimum Gasteiger partial charge on any atom is -0.358 e. The molecular formula is C11H13N3. The number of nitrogens with zero attached hydrogens (tertiary/aromatic N) is 2. The normalized spacial score (nSPS) is 10.1. The Balaban J connectivity index is 2.44. The molecule has 0 aliphatic carbocycles. The first-order chi connectivity index (χ1) is 6.81. The average Bonchev–Trinajstić information content (AvgIpc) is 2.67. The lowest BCUT2D eigenvalue weighted by Crippen LogP contribution is -2.00. The van der Waals surface area contributed by atoms with Crippen LogP contribution < -0.4 is 5.32 Å². The Morgan fingerprint density at radius 1 is 1.21 bits per heavy atom. The second-order valence-corrected chi connectivity index (χ2v) is 3.21. The number of imidazole rings is 1. The number of aryl methyl sites for hydroxylation is 1. The summed E-state index contributed by atoms with van der Waals surface area (Å²) >= 11 is 0. The van der Waals surface area contributed by atoms with Gasteiger partial charge in [0.15, 0.2) is 0 Å². The van der Waals surface area contributed by atoms with Crippen LogP contribution in [0.15, 0.2) is 36.7 Å². The van der Waals surface area contributed by atoms with E-state index in [0.29, 0.717) is 0 Å². The summed E-state index contributed by atoms with van der Waals surface area (Å²) in [5.41, 5.74) is 2.39. The zero-order chi connectivity index (χ0) is 9.97. The van der Waals surface area contributed by atoms with Crippen molar-refractivity contribution in [3.63, 3.8) is 0 Å². The lowest BCUT2D eigenvalue weighted by molar-refractivity contribution is 1.05. The fraction of sp³-hybridized carbons (Fsp3) is 0.182. The molecule has 0 spiro atoms. The third kappa shape index (κ3) is 1.48. The molecule has 0 fully saturated rings. The highest BCUT2D eigenvalue weighted by molar-refractivity contribution is 5.42. The fourth-order valence-electron chi connectivity index (χ4n) is 1.40. The number of nitrogens with one attached hydrogen (secondary N) is 1. The minimum atomic E-state index is 0.855. The Kier molecular flexibility index (Phi) is 2.23. The molecule has 2 aromatic rings. The van der Waals surface area contributed by atoms with Gasteiger partial charge in [0.2, 0.25) is 5.95 Å². The van der Waals surface area contributed by atoms with Crippen molar-refractivity contribution in [1.82, 2.24) is 9.55 Å². The summed E-state index contributed by atoms with van der Waals surface area (Å²) < 4.78 is 2.01. The molecule has 1 N–H and O–H groups in total. The molecule has 1 heterocycles. The molecule has 1 aromatic carbocycles. The largest absolute Gasteiger partial charge is 0.358 e. The predicted molar refractivity (Wildman–Crippen MR) is 57.8 cm³/mol. The van der Waals surface area contributed by atoms with Crippen LogP contribution in [0.2, 0.25) is 0 Å². The Bertz CT molecular complexity index is 414. The van der Waals surface area contributed by atoms with Crippen LogP contribution in [0.3, 0.4) is 0 Å². The molecule has 0 saturated heterocycles. The van der Waals surface area contributed by atoms with Gasteiger partial charge in [0.05, 0.1) is 0 Å². The first-order valence-corrected chi connectivity index (χ1v) is 4.59. The van der Waals surface area contributed by atoms with E-state index in [-0.39, 0.29) is 0 Å². The van der Waals surface area contributed by atoms with E-state index >= 15 is 0 Å². The van der Waals surface area contributed by atoms with E-state index in [2.05, 4.69) is 41.5 Å². The van der Waals surface area contributed by atoms with Crippen molar-refractivity contribution in [1.29, 1.82) is 0 Å². The van der Waals surface area contributed by atoms with E-state index in [1.807, 2.05) is 17.8 Å². The monoisotopic (exact) mass is 187 g/mol. The molecule has 0 radical (unpaired) electrons. The smallest absolute Gasteiger partial charge is 0.207 e. The number of hydrogen-bond donors (Lipinski definition) is 1. The van der Waals surface area contributed by atoms with Gasteiger partial charge in [-0.05, 0) is 19.1 Å². The highest BCUT2D eigenvalue weighted by Gasteiger charge is 2.01. The number of rotatable bonds is 2. The average molecular weight is 187 g/mol. The Morgan fingerprint density at radius 2 is 1.93 bits per heavy atom. The lowest BCUT2D eigenvalue weighted by Gasteiger charge is -2.06. The summed E-state index contributed by atoms with van der Waals surface area (Å²) in [5.74, 6) is 0.855. The van der Waals surface area contributed by atoms with Crippen molar-refractivity contribution in [3.05, 3.63) is 42.2 Å². The number of aromatic nitrogens is 2. The summed E-state index contributed by atoms with van der Waals surface area (Å²) in [6, 6.07) is 8.35. The van der Waals surface area contributed by atoms with E-state index in [9.17, 15) is 0 Å². The third-order valence-electron chi connectivity index (χ3n) is 2.18. The summed E-state index contributed by atoms with van der Waals surface area (Å²) in [7, 11) is 1.87. The summed E-state index contributed by atoms with van der Waals surface area (Å²) in [5, 5.41) is 3.04. The summed E-state index contributed by atoms with van der Waals surface area (Å²) in [4.78, 5) is 4.19. The molecule has 0 aliphatic heterocycles. The number of hydrogen-bond acceptors (Lipinski definition) is 2. The van der Waals surface area contributed by atoms with Gasteiger partial charge in [-0.3, -0.25) is 4.57 Å². The molecule has 3 heteroatoms. The maximum absolute atomic E-state index is 4.19. The first kappa shape index (κ1) is 8.81. The van der Waals surface area contributed by atoms with Gasteiger partial charge in [0, 0.05) is 25.1 Å². The second-order valence-electron chi connectivity index (χ2n) is 3.21. The Labute approximate surface area is 83.4 Å². The minimum absolute atomic E-state index is 0.855. The van der Waals surface area contributed by atoms with Gasteiger partial charge in [0.25, 0.3) is 0 Å². The maximum Gasteiger partial charge on any atom is 0.207 e. The number of anilines is 1. The van der Waals surface area contributed by atoms with Crippen molar-refractivity contribution in [2.75, 3.05) is 12.4 Å². The quantitative estimate of drug-likeness (QED) is 0.781. The molecule has 72 valence electrons. The number of benzene rings is 1. The first-order valence-electron chi connectivity index (χ1n) is 4.59. The van der Waals surface area contributed by atoms with Crippen LogP contribution in [0, 0.1) is 6.92 Å². The highest BCUT2D eigenvalue weighted by Crippen LogP contribution is 2.14. The molecule has 3 nitrogen and oxygen atoms in total. The summed E-state index contributed by atoms with van der Waals surface area (Å²) in [6.45, 7) is 2.08. The van der Waals surface area contributed by atoms with Crippen molar-refractivity contribution in [3.8, 4) is 5.69 Å². The van der Waals surface area contributed by atoms with Crippen molar-refractivity contribution in [2.45, 2.75) is 6.92 Å². The molecule has 0 saturated carbocycles. The molecular weight excluding hydrogens is 174 g/mol. The van der Waals surface area contributed by atoms with Crippen LogP contribution in [0.5, 0.6) is 0 Å². The topological polar surface area (TPSA) is 29.9 Å². The standard InChI is InChI=1S/C11H13N3/c1-9-3-5-10(6-4-9)14-8-7-13-11(14)12-2/h3-8H,1-2H3,(H,12,13). The second kappa shape index (κ2) is 3.54. The molecule has 0 bridgehead atoms. The van der Waals surface area contributed by atoms with Gasteiger partial charge in [-0.25, -0.2) is 4.98 Å². The van der Waals surface area contributed by atoms with Crippen LogP contribution >= 0.6 is 0 Å². The predicted octanol–water partition coefficient (Wildman–Crippen LogP) is 2.22. The molecule has 0 atom stereocenters. The zero-order valence-corrected chi connectivity index (χ0v) is 8.36. The molecule has 0 aliphatic rings. The van der Waals surface area contributed by atoms with Crippen LogP contribution in [0.1, 0.15) is 5.56 Å². The lowest BCUT2D eigenvalue weighted by atomic mass is 10.2. The van der Waals surface area contributed by atoms with Crippen LogP contribution in [0.25, 0.3) is 5.69 Å². The fourth-order valence-corrected chi connectivity index (χ4v) is 1.40. The summed E-state index contributed by atoms with van der Waals surface area (Å²) in [6.07, 6.45) is 3.72. The molecule has 0 unspecified atom stereocenters. The van der Waals surface area contributed by atoms with Crippen molar-refractivity contribution in [2.24, 2.45) is 0 Å². The third-order valence-corrected chi connectivity index (χ3v) is 2.18. The van der Waals surface area contributed by atoms with E-state index in [4.69, 9.17) is 0 Å². The molecule has 0 amide bonds. The highest BCUT2D eigenvalue weighted by atomic mass is 15.2. The van der Waals surface area contributed by atoms with Gasteiger partial charge >= 0.3 is 0 Å². The van der Waals surface area contributed by atoms with E-state index in [1.54, 1.807) is 6.20 Å². The van der Waals surface area contributed by atoms with Crippen molar-refractivity contribution >= 4 is 5.95 Å². The Morgan fingerprint density at radius 3 is 2.57 bits per heavy atom. The van der Waals surface area contributed by atoms with Crippen molar-refractivity contribution < 1.29 is 0 Å². The maximum atomic E-state index is 4.19. The molecule has 2 rings (SSSR count). The zero-order valence-electron chi connectivity index (χ0n) is 8.36. The van der Waals surface area contributed by atoms with Gasteiger partial charge in [-0.15, -0.1) is 0 Å². The van der Waals surface area contributed by atoms with E-state index in [1.165, 1.54) is 5.56 Å². The molecule has 1 aromatic heterocycles. The van der Waals surface area contributed by atoms with Gasteiger partial charge < -0.3 is 5.32 Å². The Hall–Kier alpha value is -1.77.